The molecule has 0 atom stereocenters. The van der Waals surface area contributed by atoms with E-state index < -0.39 is 17.7 Å². The van der Waals surface area contributed by atoms with Crippen LogP contribution >= 0.6 is 0 Å². The van der Waals surface area contributed by atoms with Crippen molar-refractivity contribution in [3.63, 3.8) is 0 Å². The first-order valence-electron chi connectivity index (χ1n) is 5.18. The SMILES string of the molecule is Cc1cnc(C(F)(F)F)c(-c2ccc(F)cc2)c1. The van der Waals surface area contributed by atoms with E-state index in [1.165, 1.54) is 18.2 Å². The summed E-state index contributed by atoms with van der Waals surface area (Å²) in [5.41, 5.74) is -0.0931. The maximum Gasteiger partial charge on any atom is 0.433 e. The van der Waals surface area contributed by atoms with E-state index in [1.807, 2.05) is 0 Å². The number of pyridine rings is 1. The third-order valence-corrected chi connectivity index (χ3v) is 2.45. The molecular weight excluding hydrogens is 246 g/mol. The molecule has 0 N–H and O–H groups in total. The number of benzene rings is 1. The lowest BCUT2D eigenvalue weighted by atomic mass is 10.0. The van der Waals surface area contributed by atoms with Gasteiger partial charge in [0, 0.05) is 11.8 Å². The lowest BCUT2D eigenvalue weighted by Crippen LogP contribution is -2.10. The van der Waals surface area contributed by atoms with E-state index in [-0.39, 0.29) is 5.56 Å². The van der Waals surface area contributed by atoms with E-state index in [1.54, 1.807) is 6.92 Å². The molecule has 0 fully saturated rings. The molecule has 0 unspecified atom stereocenters. The summed E-state index contributed by atoms with van der Waals surface area (Å²) in [6.07, 6.45) is -3.37. The Labute approximate surface area is 101 Å². The molecule has 0 spiro atoms. The van der Waals surface area contributed by atoms with Gasteiger partial charge in [-0.3, -0.25) is 4.98 Å². The minimum atomic E-state index is -4.53. The summed E-state index contributed by atoms with van der Waals surface area (Å²) in [7, 11) is 0. The highest BCUT2D eigenvalue weighted by molar-refractivity contribution is 5.67. The first-order chi connectivity index (χ1) is 8.38. The zero-order valence-electron chi connectivity index (χ0n) is 9.42. The van der Waals surface area contributed by atoms with Crippen molar-refractivity contribution < 1.29 is 17.6 Å². The maximum absolute atomic E-state index is 12.8. The number of aromatic nitrogens is 1. The lowest BCUT2D eigenvalue weighted by Gasteiger charge is -2.12. The smallest absolute Gasteiger partial charge is 0.251 e. The van der Waals surface area contributed by atoms with E-state index in [4.69, 9.17) is 0 Å². The Kier molecular flexibility index (Phi) is 3.07. The number of nitrogens with zero attached hydrogens (tertiary/aromatic N) is 1. The molecule has 2 rings (SSSR count). The molecule has 1 aromatic heterocycles. The van der Waals surface area contributed by atoms with Crippen molar-refractivity contribution in [3.8, 4) is 11.1 Å². The minimum absolute atomic E-state index is 0.0394. The van der Waals surface area contributed by atoms with Gasteiger partial charge in [0.05, 0.1) is 0 Å². The second kappa shape index (κ2) is 4.40. The van der Waals surface area contributed by atoms with Crippen molar-refractivity contribution in [1.29, 1.82) is 0 Å². The Bertz CT molecular complexity index is 558. The zero-order chi connectivity index (χ0) is 13.3. The number of halogens is 4. The van der Waals surface area contributed by atoms with Crippen molar-refractivity contribution >= 4 is 0 Å². The summed E-state index contributed by atoms with van der Waals surface area (Å²) >= 11 is 0. The normalized spacial score (nSPS) is 11.6. The number of hydrogen-bond donors (Lipinski definition) is 0. The van der Waals surface area contributed by atoms with Crippen molar-refractivity contribution in [2.24, 2.45) is 0 Å². The van der Waals surface area contributed by atoms with Crippen LogP contribution in [0, 0.1) is 12.7 Å². The average Bonchev–Trinajstić information content (AvgIpc) is 2.28. The summed E-state index contributed by atoms with van der Waals surface area (Å²) in [5.74, 6) is -0.493. The average molecular weight is 255 g/mol. The van der Waals surface area contributed by atoms with Crippen LogP contribution in [-0.2, 0) is 6.18 Å². The van der Waals surface area contributed by atoms with Gasteiger partial charge < -0.3 is 0 Å². The first-order valence-corrected chi connectivity index (χ1v) is 5.18. The number of rotatable bonds is 1. The highest BCUT2D eigenvalue weighted by atomic mass is 19.4. The molecule has 1 heterocycles. The van der Waals surface area contributed by atoms with E-state index >= 15 is 0 Å². The lowest BCUT2D eigenvalue weighted by molar-refractivity contribution is -0.140. The van der Waals surface area contributed by atoms with Gasteiger partial charge in [-0.1, -0.05) is 12.1 Å². The summed E-state index contributed by atoms with van der Waals surface area (Å²) in [4.78, 5) is 3.43. The van der Waals surface area contributed by atoms with Crippen LogP contribution in [0.2, 0.25) is 0 Å². The fraction of sp³-hybridized carbons (Fsp3) is 0.154. The highest BCUT2D eigenvalue weighted by Gasteiger charge is 2.35. The van der Waals surface area contributed by atoms with Crippen molar-refractivity contribution in [1.82, 2.24) is 4.98 Å². The molecule has 0 radical (unpaired) electrons. The molecule has 0 aliphatic carbocycles. The van der Waals surface area contributed by atoms with Crippen molar-refractivity contribution in [2.45, 2.75) is 13.1 Å². The third kappa shape index (κ3) is 2.50. The van der Waals surface area contributed by atoms with Gasteiger partial charge in [-0.05, 0) is 36.2 Å². The van der Waals surface area contributed by atoms with Crippen LogP contribution in [0.1, 0.15) is 11.3 Å². The van der Waals surface area contributed by atoms with Gasteiger partial charge in [0.15, 0.2) is 5.69 Å². The van der Waals surface area contributed by atoms with Gasteiger partial charge in [0.2, 0.25) is 0 Å². The van der Waals surface area contributed by atoms with E-state index in [2.05, 4.69) is 4.98 Å². The Balaban J connectivity index is 2.62. The highest BCUT2D eigenvalue weighted by Crippen LogP contribution is 2.35. The van der Waals surface area contributed by atoms with Gasteiger partial charge in [0.25, 0.3) is 0 Å². The van der Waals surface area contributed by atoms with Crippen LogP contribution in [0.25, 0.3) is 11.1 Å². The van der Waals surface area contributed by atoms with Crippen LogP contribution in [0.15, 0.2) is 36.5 Å². The molecular formula is C13H9F4N. The maximum atomic E-state index is 12.8. The molecule has 0 saturated carbocycles. The minimum Gasteiger partial charge on any atom is -0.251 e. The van der Waals surface area contributed by atoms with E-state index in [0.29, 0.717) is 11.1 Å². The van der Waals surface area contributed by atoms with Gasteiger partial charge in [-0.2, -0.15) is 13.2 Å². The van der Waals surface area contributed by atoms with Crippen LogP contribution in [-0.4, -0.2) is 4.98 Å². The molecule has 2 aromatic rings. The Morgan fingerprint density at radius 2 is 1.67 bits per heavy atom. The second-order valence-electron chi connectivity index (χ2n) is 3.91. The van der Waals surface area contributed by atoms with E-state index in [0.717, 1.165) is 18.3 Å². The third-order valence-electron chi connectivity index (χ3n) is 2.45. The van der Waals surface area contributed by atoms with Gasteiger partial charge in [-0.15, -0.1) is 0 Å². The topological polar surface area (TPSA) is 12.9 Å². The molecule has 0 aliphatic rings. The number of hydrogen-bond acceptors (Lipinski definition) is 1. The standard InChI is InChI=1S/C13H9F4N/c1-8-6-11(9-2-4-10(14)5-3-9)12(18-7-8)13(15,16)17/h2-7H,1H3. The van der Waals surface area contributed by atoms with Crippen LogP contribution < -0.4 is 0 Å². The number of alkyl halides is 3. The summed E-state index contributed by atoms with van der Waals surface area (Å²) in [6.45, 7) is 1.65. The zero-order valence-corrected chi connectivity index (χ0v) is 9.42. The van der Waals surface area contributed by atoms with Gasteiger partial charge in [-0.25, -0.2) is 4.39 Å². The molecule has 18 heavy (non-hydrogen) atoms. The Morgan fingerprint density at radius 3 is 2.22 bits per heavy atom. The predicted octanol–water partition coefficient (Wildman–Crippen LogP) is 4.21. The molecule has 1 aromatic carbocycles. The molecule has 94 valence electrons. The molecule has 0 amide bonds. The Hall–Kier alpha value is -1.91. The molecule has 5 heteroatoms. The predicted molar refractivity (Wildman–Crippen MR) is 59.4 cm³/mol. The molecule has 0 bridgehead atoms. The van der Waals surface area contributed by atoms with Crippen LogP contribution in [0.3, 0.4) is 0 Å². The first kappa shape index (κ1) is 12.5. The van der Waals surface area contributed by atoms with Crippen molar-refractivity contribution in [2.75, 3.05) is 0 Å². The quantitative estimate of drug-likeness (QED) is 0.695. The van der Waals surface area contributed by atoms with Crippen LogP contribution in [0.5, 0.6) is 0 Å². The monoisotopic (exact) mass is 255 g/mol. The summed E-state index contributed by atoms with van der Waals surface area (Å²) < 4.78 is 51.2. The molecule has 1 nitrogen and oxygen atoms in total. The molecule has 0 aliphatic heterocycles. The second-order valence-corrected chi connectivity index (χ2v) is 3.91. The summed E-state index contributed by atoms with van der Waals surface area (Å²) in [6, 6.07) is 6.25. The number of aryl methyl sites for hydroxylation is 1. The summed E-state index contributed by atoms with van der Waals surface area (Å²) in [5, 5.41) is 0. The van der Waals surface area contributed by atoms with Gasteiger partial charge in [0.1, 0.15) is 5.82 Å². The molecule has 0 saturated heterocycles. The largest absolute Gasteiger partial charge is 0.433 e. The van der Waals surface area contributed by atoms with Crippen LogP contribution in [0.4, 0.5) is 17.6 Å². The van der Waals surface area contributed by atoms with E-state index in [9.17, 15) is 17.6 Å². The van der Waals surface area contributed by atoms with Gasteiger partial charge >= 0.3 is 6.18 Å². The fourth-order valence-electron chi connectivity index (χ4n) is 1.64. The van der Waals surface area contributed by atoms with Crippen molar-refractivity contribution in [3.05, 3.63) is 53.6 Å². The fourth-order valence-corrected chi connectivity index (χ4v) is 1.64. The Morgan fingerprint density at radius 1 is 1.06 bits per heavy atom.